The predicted molar refractivity (Wildman–Crippen MR) is 193 cm³/mol. The van der Waals surface area contributed by atoms with Crippen LogP contribution < -0.4 is 10.6 Å². The number of thiazole rings is 1. The van der Waals surface area contributed by atoms with E-state index in [0.29, 0.717) is 42.2 Å². The summed E-state index contributed by atoms with van der Waals surface area (Å²) in [5, 5.41) is 20.9. The van der Waals surface area contributed by atoms with Gasteiger partial charge in [0.1, 0.15) is 5.01 Å². The third-order valence-electron chi connectivity index (χ3n) is 9.01. The summed E-state index contributed by atoms with van der Waals surface area (Å²) in [5.41, 5.74) is 5.64. The minimum atomic E-state index is -0.883. The van der Waals surface area contributed by atoms with E-state index in [4.69, 9.17) is 0 Å². The maximum Gasteiger partial charge on any atom is 0.254 e. The Balaban J connectivity index is 1.23. The number of hydrogen-bond acceptors (Lipinski definition) is 7. The standard InChI is InChI=1S/C39H44N6O3S/c1-26(2)32-16-29(21-40-23-32)22-41-24-36(46)34(17-28-10-5-4-6-11-28)43-37(47)30-18-31(20-33(19-30)44-13-7-8-14-44)39(48)45-15-9-12-35(45)38-42-27(3)25-49-38/h4-8,10-11,13-14,16,18-21,23,25-26,34-36,41,46H,9,12,15,17,22,24H2,1-3H3,(H,43,47)/t34-,35+,36-/m0/s1. The molecule has 1 fully saturated rings. The average Bonchev–Trinajstić information content (AvgIpc) is 3.91. The van der Waals surface area contributed by atoms with Gasteiger partial charge in [-0.2, -0.15) is 0 Å². The highest BCUT2D eigenvalue weighted by molar-refractivity contribution is 7.09. The van der Waals surface area contributed by atoms with Gasteiger partial charge in [0.05, 0.1) is 18.2 Å². The fourth-order valence-electron chi connectivity index (χ4n) is 6.31. The zero-order valence-electron chi connectivity index (χ0n) is 28.3. The summed E-state index contributed by atoms with van der Waals surface area (Å²) in [6.45, 7) is 7.67. The molecule has 1 aliphatic heterocycles. The number of pyridine rings is 1. The summed E-state index contributed by atoms with van der Waals surface area (Å²) in [4.78, 5) is 39.1. The molecule has 2 amide bonds. The number of aliphatic hydroxyl groups is 1. The Kier molecular flexibility index (Phi) is 11.0. The molecule has 0 radical (unpaired) electrons. The molecule has 5 aromatic rings. The van der Waals surface area contributed by atoms with Gasteiger partial charge >= 0.3 is 0 Å². The van der Waals surface area contributed by atoms with Gasteiger partial charge in [-0.25, -0.2) is 4.98 Å². The Bertz CT molecular complexity index is 1860. The van der Waals surface area contributed by atoms with Gasteiger partial charge in [0.2, 0.25) is 0 Å². The summed E-state index contributed by atoms with van der Waals surface area (Å²) in [6, 6.07) is 20.4. The van der Waals surface area contributed by atoms with Crippen molar-refractivity contribution in [1.29, 1.82) is 0 Å². The molecule has 9 nitrogen and oxygen atoms in total. The van der Waals surface area contributed by atoms with E-state index >= 15 is 0 Å². The van der Waals surface area contributed by atoms with E-state index in [0.717, 1.165) is 40.2 Å². The van der Waals surface area contributed by atoms with Crippen molar-refractivity contribution in [2.75, 3.05) is 13.1 Å². The van der Waals surface area contributed by atoms with Gasteiger partial charge in [0, 0.05) is 72.3 Å². The van der Waals surface area contributed by atoms with Crippen molar-refractivity contribution in [2.45, 2.75) is 70.7 Å². The number of carbonyl (C=O) groups excluding carboxylic acids is 2. The lowest BCUT2D eigenvalue weighted by Gasteiger charge is -2.26. The van der Waals surface area contributed by atoms with Crippen molar-refractivity contribution in [1.82, 2.24) is 30.1 Å². The van der Waals surface area contributed by atoms with Crippen molar-refractivity contribution < 1.29 is 14.7 Å². The van der Waals surface area contributed by atoms with Crippen LogP contribution in [0.1, 0.15) is 86.8 Å². The second kappa shape index (κ2) is 15.7. The van der Waals surface area contributed by atoms with Gasteiger partial charge < -0.3 is 25.2 Å². The van der Waals surface area contributed by atoms with Gasteiger partial charge in [-0.3, -0.25) is 14.6 Å². The minimum absolute atomic E-state index is 0.0831. The molecule has 49 heavy (non-hydrogen) atoms. The number of nitrogens with one attached hydrogen (secondary N) is 2. The zero-order valence-corrected chi connectivity index (χ0v) is 29.1. The first-order valence-corrected chi connectivity index (χ1v) is 17.8. The van der Waals surface area contributed by atoms with Gasteiger partial charge in [-0.05, 0) is 79.1 Å². The molecule has 3 atom stereocenters. The van der Waals surface area contributed by atoms with Crippen LogP contribution in [0.3, 0.4) is 0 Å². The summed E-state index contributed by atoms with van der Waals surface area (Å²) in [5.74, 6) is -0.112. The maximum absolute atomic E-state index is 14.1. The molecule has 0 saturated carbocycles. The summed E-state index contributed by atoms with van der Waals surface area (Å²) in [6.07, 6.45) is 8.79. The third-order valence-corrected chi connectivity index (χ3v) is 10.1. The number of likely N-dealkylation sites (tertiary alicyclic amines) is 1. The van der Waals surface area contributed by atoms with E-state index < -0.39 is 12.1 Å². The number of nitrogens with zero attached hydrogens (tertiary/aromatic N) is 4. The summed E-state index contributed by atoms with van der Waals surface area (Å²) >= 11 is 1.58. The highest BCUT2D eigenvalue weighted by atomic mass is 32.1. The molecular formula is C39H44N6O3S. The number of carbonyl (C=O) groups is 2. The number of aromatic nitrogens is 3. The molecule has 0 bridgehead atoms. The average molecular weight is 677 g/mol. The van der Waals surface area contributed by atoms with Crippen LogP contribution in [0.2, 0.25) is 0 Å². The SMILES string of the molecule is Cc1csc([C@H]2CCCN2C(=O)c2cc(C(=O)N[C@@H](Cc3ccccc3)[C@@H](O)CNCc3cncc(C(C)C)c3)cc(-n3cccc3)c2)n1. The number of aryl methyl sites for hydroxylation is 1. The minimum Gasteiger partial charge on any atom is -0.390 e. The second-order valence-corrected chi connectivity index (χ2v) is 14.0. The molecule has 0 unspecified atom stereocenters. The van der Waals surface area contributed by atoms with E-state index in [1.54, 1.807) is 23.5 Å². The maximum atomic E-state index is 14.1. The van der Waals surface area contributed by atoms with Crippen molar-refractivity contribution in [2.24, 2.45) is 0 Å². The zero-order chi connectivity index (χ0) is 34.3. The number of amides is 2. The lowest BCUT2D eigenvalue weighted by molar-refractivity contribution is 0.0735. The van der Waals surface area contributed by atoms with Crippen molar-refractivity contribution in [3.63, 3.8) is 0 Å². The van der Waals surface area contributed by atoms with Crippen LogP contribution in [-0.4, -0.2) is 61.6 Å². The van der Waals surface area contributed by atoms with E-state index in [1.807, 2.05) is 95.1 Å². The van der Waals surface area contributed by atoms with Crippen LogP contribution in [0.25, 0.3) is 5.69 Å². The monoisotopic (exact) mass is 676 g/mol. The first-order valence-electron chi connectivity index (χ1n) is 16.9. The van der Waals surface area contributed by atoms with Crippen molar-refractivity contribution in [3.05, 3.63) is 135 Å². The first-order chi connectivity index (χ1) is 23.7. The highest BCUT2D eigenvalue weighted by Crippen LogP contribution is 2.35. The predicted octanol–water partition coefficient (Wildman–Crippen LogP) is 6.23. The topological polar surface area (TPSA) is 112 Å². The molecule has 6 rings (SSSR count). The molecule has 1 saturated heterocycles. The molecule has 254 valence electrons. The van der Waals surface area contributed by atoms with E-state index in [9.17, 15) is 14.7 Å². The van der Waals surface area contributed by atoms with Crippen LogP contribution in [0.5, 0.6) is 0 Å². The van der Waals surface area contributed by atoms with Crippen LogP contribution >= 0.6 is 11.3 Å². The molecular weight excluding hydrogens is 633 g/mol. The lowest BCUT2D eigenvalue weighted by atomic mass is 9.99. The van der Waals surface area contributed by atoms with Crippen LogP contribution in [0.15, 0.2) is 96.9 Å². The largest absolute Gasteiger partial charge is 0.390 e. The van der Waals surface area contributed by atoms with Crippen LogP contribution in [-0.2, 0) is 13.0 Å². The summed E-state index contributed by atoms with van der Waals surface area (Å²) < 4.78 is 1.89. The smallest absolute Gasteiger partial charge is 0.254 e. The van der Waals surface area contributed by atoms with Gasteiger partial charge in [-0.1, -0.05) is 50.2 Å². The Morgan fingerprint density at radius 3 is 2.51 bits per heavy atom. The number of benzene rings is 2. The molecule has 3 aromatic heterocycles. The first kappa shape index (κ1) is 34.2. The number of rotatable bonds is 13. The Hall–Kier alpha value is -4.64. The number of hydrogen-bond donors (Lipinski definition) is 3. The van der Waals surface area contributed by atoms with Crippen LogP contribution in [0.4, 0.5) is 0 Å². The fourth-order valence-corrected chi connectivity index (χ4v) is 7.25. The summed E-state index contributed by atoms with van der Waals surface area (Å²) in [7, 11) is 0. The fraction of sp³-hybridized carbons (Fsp3) is 0.333. The second-order valence-electron chi connectivity index (χ2n) is 13.1. The third kappa shape index (κ3) is 8.51. The molecule has 2 aromatic carbocycles. The van der Waals surface area contributed by atoms with Crippen LogP contribution in [0, 0.1) is 6.92 Å². The van der Waals surface area contributed by atoms with Gasteiger partial charge in [0.25, 0.3) is 11.8 Å². The quantitative estimate of drug-likeness (QED) is 0.136. The Labute approximate surface area is 292 Å². The van der Waals surface area contributed by atoms with Gasteiger partial charge in [0.15, 0.2) is 0 Å². The molecule has 0 aliphatic carbocycles. The molecule has 3 N–H and O–H groups in total. The van der Waals surface area contributed by atoms with Crippen molar-refractivity contribution in [3.8, 4) is 5.69 Å². The Morgan fingerprint density at radius 1 is 1.00 bits per heavy atom. The van der Waals surface area contributed by atoms with E-state index in [-0.39, 0.29) is 24.4 Å². The Morgan fingerprint density at radius 2 is 1.78 bits per heavy atom. The highest BCUT2D eigenvalue weighted by Gasteiger charge is 2.33. The molecule has 10 heteroatoms. The molecule has 4 heterocycles. The molecule has 1 aliphatic rings. The van der Waals surface area contributed by atoms with Gasteiger partial charge in [-0.15, -0.1) is 11.3 Å². The normalized spacial score (nSPS) is 15.8. The van der Waals surface area contributed by atoms with E-state index in [1.165, 1.54) is 0 Å². The van der Waals surface area contributed by atoms with E-state index in [2.05, 4.69) is 40.5 Å². The van der Waals surface area contributed by atoms with Crippen molar-refractivity contribution >= 4 is 23.2 Å². The molecule has 0 spiro atoms. The lowest BCUT2D eigenvalue weighted by Crippen LogP contribution is -2.48. The number of aliphatic hydroxyl groups excluding tert-OH is 1.